The molecule has 0 aromatic carbocycles. The van der Waals surface area contributed by atoms with E-state index in [-0.39, 0.29) is 5.97 Å². The van der Waals surface area contributed by atoms with Gasteiger partial charge in [0, 0.05) is 13.3 Å². The van der Waals surface area contributed by atoms with Crippen molar-refractivity contribution >= 4 is 5.97 Å². The molecule has 2 heteroatoms. The molecule has 0 spiro atoms. The number of esters is 1. The molecular weight excluding hydrogens is 380 g/mol. The number of carbonyl (C=O) groups is 1. The molecule has 0 radical (unpaired) electrons. The van der Waals surface area contributed by atoms with Crippen LogP contribution >= 0.6 is 0 Å². The topological polar surface area (TPSA) is 26.3 Å². The fraction of sp³-hybridized carbons (Fsp3) is 0.897. The fourth-order valence-corrected chi connectivity index (χ4v) is 9.14. The molecule has 8 unspecified atom stereocenters. The van der Waals surface area contributed by atoms with Crippen molar-refractivity contribution in [2.24, 2.45) is 52.3 Å². The van der Waals surface area contributed by atoms with Crippen molar-refractivity contribution in [1.29, 1.82) is 0 Å². The van der Waals surface area contributed by atoms with Gasteiger partial charge in [0.1, 0.15) is 5.76 Å². The molecule has 8 atom stereocenters. The minimum atomic E-state index is -0.156. The molecule has 2 nitrogen and oxygen atoms in total. The summed E-state index contributed by atoms with van der Waals surface area (Å²) in [7, 11) is 0. The summed E-state index contributed by atoms with van der Waals surface area (Å²) in [5.41, 5.74) is 0.990. The normalized spacial score (nSPS) is 42.9. The van der Waals surface area contributed by atoms with Crippen LogP contribution < -0.4 is 0 Å². The van der Waals surface area contributed by atoms with Gasteiger partial charge in [-0.2, -0.15) is 0 Å². The standard InChI is InChI=1S/C29H48O2/c1-19(2)8-7-9-20(3)25-12-13-26-24-11-10-22-18-23(31-21(4)30)14-16-28(22,5)27(24)15-17-29(25,26)6/h14,19-20,22,24-27H,7-13,15-18H2,1-6H3. The molecule has 0 aromatic rings. The van der Waals surface area contributed by atoms with Crippen LogP contribution in [0.15, 0.2) is 11.8 Å². The Bertz CT molecular complexity index is 693. The van der Waals surface area contributed by atoms with Gasteiger partial charge in [-0.1, -0.05) is 53.9 Å². The van der Waals surface area contributed by atoms with E-state index >= 15 is 0 Å². The summed E-state index contributed by atoms with van der Waals surface area (Å²) in [6.45, 7) is 14.1. The van der Waals surface area contributed by atoms with Gasteiger partial charge in [-0.15, -0.1) is 0 Å². The Morgan fingerprint density at radius 1 is 1.03 bits per heavy atom. The predicted molar refractivity (Wildman–Crippen MR) is 128 cm³/mol. The minimum absolute atomic E-state index is 0.156. The molecule has 3 fully saturated rings. The third kappa shape index (κ3) is 4.26. The Morgan fingerprint density at radius 3 is 2.48 bits per heavy atom. The monoisotopic (exact) mass is 428 g/mol. The molecule has 31 heavy (non-hydrogen) atoms. The number of hydrogen-bond donors (Lipinski definition) is 0. The highest BCUT2D eigenvalue weighted by atomic mass is 16.5. The largest absolute Gasteiger partial charge is 0.432 e. The zero-order chi connectivity index (χ0) is 22.4. The average molecular weight is 429 g/mol. The highest BCUT2D eigenvalue weighted by molar-refractivity contribution is 5.67. The second kappa shape index (κ2) is 8.86. The maximum Gasteiger partial charge on any atom is 0.307 e. The first-order valence-corrected chi connectivity index (χ1v) is 13.5. The van der Waals surface area contributed by atoms with Gasteiger partial charge in [-0.25, -0.2) is 0 Å². The molecule has 4 aliphatic carbocycles. The van der Waals surface area contributed by atoms with Crippen molar-refractivity contribution in [2.75, 3.05) is 0 Å². The van der Waals surface area contributed by atoms with Gasteiger partial charge in [0.05, 0.1) is 0 Å². The summed E-state index contributed by atoms with van der Waals surface area (Å²) in [6, 6.07) is 0. The molecule has 4 rings (SSSR count). The maximum atomic E-state index is 11.5. The summed E-state index contributed by atoms with van der Waals surface area (Å²) in [6.07, 6.45) is 17.2. The molecule has 0 N–H and O–H groups in total. The Balaban J connectivity index is 1.46. The number of fused-ring (bicyclic) bond motifs is 5. The number of carbonyl (C=O) groups excluding carboxylic acids is 1. The quantitative estimate of drug-likeness (QED) is 0.399. The van der Waals surface area contributed by atoms with Crippen LogP contribution in [0.25, 0.3) is 0 Å². The van der Waals surface area contributed by atoms with Crippen LogP contribution in [0.4, 0.5) is 0 Å². The summed E-state index contributed by atoms with van der Waals surface area (Å²) in [4.78, 5) is 11.5. The van der Waals surface area contributed by atoms with E-state index in [0.717, 1.165) is 54.1 Å². The fourth-order valence-electron chi connectivity index (χ4n) is 9.14. The van der Waals surface area contributed by atoms with Crippen molar-refractivity contribution in [3.8, 4) is 0 Å². The Kier molecular flexibility index (Phi) is 6.68. The van der Waals surface area contributed by atoms with Crippen molar-refractivity contribution in [3.63, 3.8) is 0 Å². The molecule has 0 amide bonds. The smallest absolute Gasteiger partial charge is 0.307 e. The van der Waals surface area contributed by atoms with E-state index in [1.54, 1.807) is 0 Å². The third-order valence-corrected chi connectivity index (χ3v) is 10.8. The maximum absolute atomic E-state index is 11.5. The Hall–Kier alpha value is -0.790. The summed E-state index contributed by atoms with van der Waals surface area (Å²) in [5.74, 6) is 6.91. The molecular formula is C29H48O2. The summed E-state index contributed by atoms with van der Waals surface area (Å²) < 4.78 is 5.52. The van der Waals surface area contributed by atoms with E-state index in [0.29, 0.717) is 16.7 Å². The van der Waals surface area contributed by atoms with E-state index in [2.05, 4.69) is 40.7 Å². The zero-order valence-corrected chi connectivity index (χ0v) is 21.2. The van der Waals surface area contributed by atoms with Gasteiger partial charge < -0.3 is 4.74 Å². The van der Waals surface area contributed by atoms with Gasteiger partial charge in [0.25, 0.3) is 0 Å². The second-order valence-corrected chi connectivity index (χ2v) is 12.9. The zero-order valence-electron chi connectivity index (χ0n) is 21.2. The number of rotatable bonds is 6. The SMILES string of the molecule is CC(=O)OC1=CCC2(C)C(CCC3C2CCC2(C)C(C(C)CCCC(C)C)CCC32)C1. The van der Waals surface area contributed by atoms with Crippen LogP contribution in [0.5, 0.6) is 0 Å². The molecule has 3 saturated carbocycles. The van der Waals surface area contributed by atoms with Crippen LogP contribution in [0.2, 0.25) is 0 Å². The van der Waals surface area contributed by atoms with E-state index < -0.39 is 0 Å². The van der Waals surface area contributed by atoms with Crippen LogP contribution in [0.3, 0.4) is 0 Å². The Morgan fingerprint density at radius 2 is 1.77 bits per heavy atom. The molecule has 0 aliphatic heterocycles. The molecule has 0 heterocycles. The number of hydrogen-bond acceptors (Lipinski definition) is 2. The first-order chi connectivity index (χ1) is 14.6. The van der Waals surface area contributed by atoms with Crippen molar-refractivity contribution in [3.05, 3.63) is 11.8 Å². The third-order valence-electron chi connectivity index (χ3n) is 10.8. The number of ether oxygens (including phenoxy) is 1. The van der Waals surface area contributed by atoms with Gasteiger partial charge in [-0.05, 0) is 103 Å². The minimum Gasteiger partial charge on any atom is -0.432 e. The first-order valence-electron chi connectivity index (χ1n) is 13.5. The lowest BCUT2D eigenvalue weighted by molar-refractivity contribution is -0.139. The molecule has 4 aliphatic rings. The van der Waals surface area contributed by atoms with Crippen LogP contribution in [-0.4, -0.2) is 5.97 Å². The van der Waals surface area contributed by atoms with Gasteiger partial charge in [0.2, 0.25) is 0 Å². The highest BCUT2D eigenvalue weighted by Crippen LogP contribution is 2.68. The Labute approximate surface area is 192 Å². The second-order valence-electron chi connectivity index (χ2n) is 12.9. The molecule has 176 valence electrons. The lowest BCUT2D eigenvalue weighted by Crippen LogP contribution is -2.52. The first kappa shape index (κ1) is 23.4. The van der Waals surface area contributed by atoms with Gasteiger partial charge in [-0.3, -0.25) is 4.79 Å². The predicted octanol–water partition coefficient (Wildman–Crippen LogP) is 8.16. The average Bonchev–Trinajstić information content (AvgIpc) is 3.05. The van der Waals surface area contributed by atoms with Crippen molar-refractivity contribution in [1.82, 2.24) is 0 Å². The highest BCUT2D eigenvalue weighted by Gasteiger charge is 2.60. The lowest BCUT2D eigenvalue weighted by atomic mass is 9.45. The van der Waals surface area contributed by atoms with Gasteiger partial charge >= 0.3 is 5.97 Å². The summed E-state index contributed by atoms with van der Waals surface area (Å²) in [5, 5.41) is 0. The van der Waals surface area contributed by atoms with E-state index in [1.807, 2.05) is 0 Å². The van der Waals surface area contributed by atoms with E-state index in [1.165, 1.54) is 64.7 Å². The molecule has 0 aromatic heterocycles. The van der Waals surface area contributed by atoms with Crippen molar-refractivity contribution < 1.29 is 9.53 Å². The molecule has 0 bridgehead atoms. The lowest BCUT2D eigenvalue weighted by Gasteiger charge is -2.60. The van der Waals surface area contributed by atoms with E-state index in [9.17, 15) is 4.79 Å². The van der Waals surface area contributed by atoms with E-state index in [4.69, 9.17) is 4.74 Å². The van der Waals surface area contributed by atoms with Crippen molar-refractivity contribution in [2.45, 2.75) is 112 Å². The van der Waals surface area contributed by atoms with Gasteiger partial charge in [0.15, 0.2) is 0 Å². The summed E-state index contributed by atoms with van der Waals surface area (Å²) >= 11 is 0. The van der Waals surface area contributed by atoms with Crippen LogP contribution in [-0.2, 0) is 9.53 Å². The van der Waals surface area contributed by atoms with Crippen LogP contribution in [0, 0.1) is 52.3 Å². The number of allylic oxidation sites excluding steroid dienone is 2. The van der Waals surface area contributed by atoms with Crippen LogP contribution in [0.1, 0.15) is 112 Å². The molecule has 0 saturated heterocycles.